The topological polar surface area (TPSA) is 81.4 Å². The monoisotopic (exact) mass is 422 g/mol. The number of ether oxygens (including phenoxy) is 1. The number of rotatable bonds is 4. The van der Waals surface area contributed by atoms with Crippen molar-refractivity contribution >= 4 is 17.8 Å². The molecule has 0 radical (unpaired) electrons. The molecular weight excluding hydrogens is 404 g/mol. The average Bonchev–Trinajstić information content (AvgIpc) is 3.36. The first-order valence-electron chi connectivity index (χ1n) is 10.0. The third kappa shape index (κ3) is 3.48. The van der Waals surface area contributed by atoms with Crippen molar-refractivity contribution in [3.05, 3.63) is 107 Å². The number of carboxylic acids is 1. The number of ketones is 1. The first-order chi connectivity index (χ1) is 15.5. The summed E-state index contributed by atoms with van der Waals surface area (Å²) in [5.74, 6) is -0.976. The van der Waals surface area contributed by atoms with Crippen molar-refractivity contribution in [3.8, 4) is 22.7 Å². The molecule has 6 nitrogen and oxygen atoms in total. The van der Waals surface area contributed by atoms with E-state index in [1.807, 2.05) is 67.7 Å². The van der Waals surface area contributed by atoms with Crippen molar-refractivity contribution in [1.29, 1.82) is 0 Å². The van der Waals surface area contributed by atoms with Gasteiger partial charge in [-0.25, -0.2) is 9.48 Å². The first-order valence-corrected chi connectivity index (χ1v) is 10.0. The highest BCUT2D eigenvalue weighted by atomic mass is 16.5. The van der Waals surface area contributed by atoms with E-state index in [2.05, 4.69) is 0 Å². The molecule has 0 fully saturated rings. The molecule has 1 N–H and O–H groups in total. The number of hydrogen-bond acceptors (Lipinski definition) is 4. The molecule has 0 saturated carbocycles. The lowest BCUT2D eigenvalue weighted by Crippen LogP contribution is -2.00. The van der Waals surface area contributed by atoms with E-state index in [1.54, 1.807) is 10.8 Å². The van der Waals surface area contributed by atoms with Crippen LogP contribution in [-0.2, 0) is 0 Å². The molecule has 0 atom stereocenters. The number of para-hydroxylation sites is 1. The van der Waals surface area contributed by atoms with Gasteiger partial charge in [-0.1, -0.05) is 48.0 Å². The minimum atomic E-state index is -1.09. The highest BCUT2D eigenvalue weighted by molar-refractivity contribution is 6.15. The number of allylic oxidation sites excluding steroid dienone is 1. The normalized spacial score (nSPS) is 13.8. The van der Waals surface area contributed by atoms with Gasteiger partial charge in [-0.05, 0) is 43.3 Å². The number of benzene rings is 3. The number of Topliss-reactive ketones (excluding diaryl/α,β-unsaturated/α-hetero) is 1. The molecule has 156 valence electrons. The first kappa shape index (κ1) is 19.5. The second-order valence-corrected chi connectivity index (χ2v) is 7.54. The number of carbonyl (C=O) groups excluding carboxylic acids is 1. The maximum Gasteiger partial charge on any atom is 0.335 e. The molecule has 5 rings (SSSR count). The molecule has 1 aliphatic rings. The van der Waals surface area contributed by atoms with Crippen molar-refractivity contribution in [2.45, 2.75) is 6.92 Å². The molecule has 3 aromatic carbocycles. The van der Waals surface area contributed by atoms with Crippen LogP contribution >= 0.6 is 0 Å². The molecule has 0 bridgehead atoms. The maximum absolute atomic E-state index is 12.9. The van der Waals surface area contributed by atoms with Crippen LogP contribution < -0.4 is 4.74 Å². The van der Waals surface area contributed by atoms with Gasteiger partial charge in [0.15, 0.2) is 5.76 Å². The van der Waals surface area contributed by atoms with E-state index in [4.69, 9.17) is 9.84 Å². The van der Waals surface area contributed by atoms with Crippen LogP contribution in [0.5, 0.6) is 5.75 Å². The Morgan fingerprint density at radius 3 is 2.50 bits per heavy atom. The third-order valence-electron chi connectivity index (χ3n) is 5.29. The molecule has 0 unspecified atom stereocenters. The molecule has 0 aliphatic carbocycles. The number of carboxylic acid groups (broad SMARTS) is 1. The number of hydrogen-bond donors (Lipinski definition) is 1. The molecule has 4 aromatic rings. The van der Waals surface area contributed by atoms with Crippen molar-refractivity contribution in [2.75, 3.05) is 0 Å². The molecule has 1 aliphatic heterocycles. The highest BCUT2D eigenvalue weighted by Crippen LogP contribution is 2.34. The lowest BCUT2D eigenvalue weighted by atomic mass is 10.0. The van der Waals surface area contributed by atoms with Gasteiger partial charge in [-0.3, -0.25) is 4.79 Å². The van der Waals surface area contributed by atoms with E-state index in [0.717, 1.165) is 16.8 Å². The van der Waals surface area contributed by atoms with E-state index in [1.165, 1.54) is 18.2 Å². The van der Waals surface area contributed by atoms with Crippen molar-refractivity contribution in [3.63, 3.8) is 0 Å². The summed E-state index contributed by atoms with van der Waals surface area (Å²) < 4.78 is 7.53. The Morgan fingerprint density at radius 2 is 1.78 bits per heavy atom. The smallest absolute Gasteiger partial charge is 0.335 e. The predicted molar refractivity (Wildman–Crippen MR) is 120 cm³/mol. The summed E-state index contributed by atoms with van der Waals surface area (Å²) in [6, 6.07) is 21.9. The Bertz CT molecular complexity index is 1380. The molecule has 2 heterocycles. The summed E-state index contributed by atoms with van der Waals surface area (Å²) in [6.07, 6.45) is 3.50. The number of nitrogens with zero attached hydrogens (tertiary/aromatic N) is 2. The Morgan fingerprint density at radius 1 is 1.03 bits per heavy atom. The zero-order valence-corrected chi connectivity index (χ0v) is 17.1. The summed E-state index contributed by atoms with van der Waals surface area (Å²) in [4.78, 5) is 24.2. The van der Waals surface area contributed by atoms with Crippen LogP contribution in [-0.4, -0.2) is 26.6 Å². The minimum Gasteiger partial charge on any atom is -0.478 e. The Kier molecular flexibility index (Phi) is 4.67. The standard InChI is InChI=1S/C26H18N2O4/c1-16-7-9-17(10-8-16)24-19(15-28(27-24)20-5-3-2-4-6-20)14-23-25(29)21-13-18(26(30)31)11-12-22(21)32-23/h2-15H,1H3,(H,30,31)/b23-14-. The van der Waals surface area contributed by atoms with Crippen molar-refractivity contribution in [1.82, 2.24) is 9.78 Å². The molecule has 1 aromatic heterocycles. The van der Waals surface area contributed by atoms with E-state index < -0.39 is 5.97 Å². The molecule has 32 heavy (non-hydrogen) atoms. The van der Waals surface area contributed by atoms with Crippen molar-refractivity contribution in [2.24, 2.45) is 0 Å². The summed E-state index contributed by atoms with van der Waals surface area (Å²) in [6.45, 7) is 2.02. The summed E-state index contributed by atoms with van der Waals surface area (Å²) in [7, 11) is 0. The van der Waals surface area contributed by atoms with Crippen LogP contribution in [0, 0.1) is 6.92 Å². The van der Waals surface area contributed by atoms with Gasteiger partial charge in [0.05, 0.1) is 16.8 Å². The van der Waals surface area contributed by atoms with Gasteiger partial charge in [0.2, 0.25) is 5.78 Å². The lowest BCUT2D eigenvalue weighted by Gasteiger charge is -2.02. The fraction of sp³-hybridized carbons (Fsp3) is 0.0385. The molecular formula is C26H18N2O4. The number of aromatic carboxylic acids is 1. The fourth-order valence-corrected chi connectivity index (χ4v) is 3.60. The average molecular weight is 422 g/mol. The van der Waals surface area contributed by atoms with Gasteiger partial charge < -0.3 is 9.84 Å². The predicted octanol–water partition coefficient (Wildman–Crippen LogP) is 5.16. The third-order valence-corrected chi connectivity index (χ3v) is 5.29. The summed E-state index contributed by atoms with van der Waals surface area (Å²) >= 11 is 0. The van der Waals surface area contributed by atoms with Crippen molar-refractivity contribution < 1.29 is 19.4 Å². The van der Waals surface area contributed by atoms with Crippen LogP contribution in [0.4, 0.5) is 0 Å². The van der Waals surface area contributed by atoms with Gasteiger partial charge in [0.25, 0.3) is 0 Å². The quantitative estimate of drug-likeness (QED) is 0.459. The van der Waals surface area contributed by atoms with E-state index in [-0.39, 0.29) is 22.7 Å². The van der Waals surface area contributed by atoms with Crippen LogP contribution in [0.3, 0.4) is 0 Å². The van der Waals surface area contributed by atoms with E-state index in [0.29, 0.717) is 17.0 Å². The van der Waals surface area contributed by atoms with Gasteiger partial charge >= 0.3 is 5.97 Å². The Labute approximate surface area is 184 Å². The van der Waals surface area contributed by atoms with Gasteiger partial charge in [-0.15, -0.1) is 0 Å². The van der Waals surface area contributed by atoms with Gasteiger partial charge in [0, 0.05) is 17.3 Å². The highest BCUT2D eigenvalue weighted by Gasteiger charge is 2.29. The summed E-state index contributed by atoms with van der Waals surface area (Å²) in [5.41, 5.74) is 4.64. The van der Waals surface area contributed by atoms with Crippen LogP contribution in [0.25, 0.3) is 23.0 Å². The van der Waals surface area contributed by atoms with Crippen LogP contribution in [0.2, 0.25) is 0 Å². The maximum atomic E-state index is 12.9. The zero-order chi connectivity index (χ0) is 22.2. The SMILES string of the molecule is Cc1ccc(-c2nn(-c3ccccc3)cc2/C=C2\Oc3ccc(C(=O)O)cc3C2=O)cc1. The molecule has 0 saturated heterocycles. The van der Waals surface area contributed by atoms with E-state index in [9.17, 15) is 14.7 Å². The fourth-order valence-electron chi connectivity index (χ4n) is 3.60. The molecule has 0 spiro atoms. The van der Waals surface area contributed by atoms with Gasteiger partial charge in [0.1, 0.15) is 11.4 Å². The van der Waals surface area contributed by atoms with Crippen LogP contribution in [0.15, 0.2) is 84.8 Å². The molecule has 0 amide bonds. The van der Waals surface area contributed by atoms with Gasteiger partial charge in [-0.2, -0.15) is 5.10 Å². The minimum absolute atomic E-state index is 0.0409. The number of carbonyl (C=O) groups is 2. The second-order valence-electron chi connectivity index (χ2n) is 7.54. The largest absolute Gasteiger partial charge is 0.478 e. The zero-order valence-electron chi connectivity index (χ0n) is 17.1. The van der Waals surface area contributed by atoms with E-state index >= 15 is 0 Å². The number of fused-ring (bicyclic) bond motifs is 1. The number of aryl methyl sites for hydroxylation is 1. The second kappa shape index (κ2) is 7.67. The molecule has 6 heteroatoms. The van der Waals surface area contributed by atoms with Crippen LogP contribution in [0.1, 0.15) is 31.8 Å². The number of aromatic nitrogens is 2. The Balaban J connectivity index is 1.60. The lowest BCUT2D eigenvalue weighted by molar-refractivity contribution is 0.0697. The summed E-state index contributed by atoms with van der Waals surface area (Å²) in [5, 5.41) is 14.0. The Hall–Kier alpha value is -4.45.